The van der Waals surface area contributed by atoms with Crippen molar-refractivity contribution in [2.45, 2.75) is 32.3 Å². The molecule has 1 aromatic heterocycles. The first-order valence-corrected chi connectivity index (χ1v) is 6.61. The predicted octanol–water partition coefficient (Wildman–Crippen LogP) is 2.05. The molecule has 0 unspecified atom stereocenters. The number of amides is 1. The van der Waals surface area contributed by atoms with E-state index in [0.29, 0.717) is 0 Å². The van der Waals surface area contributed by atoms with Crippen LogP contribution in [0.2, 0.25) is 0 Å². The van der Waals surface area contributed by atoms with Gasteiger partial charge in [-0.05, 0) is 38.8 Å². The second-order valence-electron chi connectivity index (χ2n) is 5.24. The minimum absolute atomic E-state index is 0.163. The van der Waals surface area contributed by atoms with E-state index in [1.165, 1.54) is 20.0 Å². The fourth-order valence-corrected chi connectivity index (χ4v) is 2.04. The van der Waals surface area contributed by atoms with Crippen molar-refractivity contribution in [3.63, 3.8) is 0 Å². The van der Waals surface area contributed by atoms with Crippen LogP contribution in [0.5, 0.6) is 0 Å². The second-order valence-corrected chi connectivity index (χ2v) is 5.24. The molecular formula is C14H21N3O2. The molecule has 104 valence electrons. The Morgan fingerprint density at radius 1 is 1.42 bits per heavy atom. The average Bonchev–Trinajstić information content (AvgIpc) is 2.93. The summed E-state index contributed by atoms with van der Waals surface area (Å²) in [6, 6.07) is 3.71. The van der Waals surface area contributed by atoms with E-state index in [1.54, 1.807) is 20.0 Å². The number of rotatable bonds is 4. The lowest BCUT2D eigenvalue weighted by molar-refractivity contribution is -0.133. The van der Waals surface area contributed by atoms with E-state index in [9.17, 15) is 4.79 Å². The second kappa shape index (κ2) is 5.57. The number of nitrogens with zero attached hydrogens (tertiary/aromatic N) is 2. The Balaban J connectivity index is 2.18. The summed E-state index contributed by atoms with van der Waals surface area (Å²) in [5, 5.41) is 2.91. The molecule has 1 N–H and O–H groups in total. The number of hydrogen-bond acceptors (Lipinski definition) is 4. The molecule has 1 saturated heterocycles. The van der Waals surface area contributed by atoms with Gasteiger partial charge in [0.2, 0.25) is 0 Å². The minimum Gasteiger partial charge on any atom is -0.369 e. The maximum atomic E-state index is 12.1. The zero-order valence-corrected chi connectivity index (χ0v) is 11.8. The van der Waals surface area contributed by atoms with Crippen LogP contribution >= 0.6 is 0 Å². The van der Waals surface area contributed by atoms with E-state index in [0.717, 1.165) is 24.6 Å². The third-order valence-corrected chi connectivity index (χ3v) is 3.50. The van der Waals surface area contributed by atoms with Crippen LogP contribution in [0.4, 0.5) is 11.5 Å². The van der Waals surface area contributed by atoms with Crippen molar-refractivity contribution in [3.05, 3.63) is 18.3 Å². The van der Waals surface area contributed by atoms with E-state index in [2.05, 4.69) is 15.2 Å². The number of hydrogen-bond donors (Lipinski definition) is 1. The third kappa shape index (κ3) is 3.04. The fraction of sp³-hybridized carbons (Fsp3) is 0.571. The minimum atomic E-state index is -0.849. The largest absolute Gasteiger partial charge is 0.369 e. The SMILES string of the molecule is COC(C)(C)C(=O)Nc1cccnc1N1CCCC1. The fourth-order valence-electron chi connectivity index (χ4n) is 2.04. The molecule has 19 heavy (non-hydrogen) atoms. The predicted molar refractivity (Wildman–Crippen MR) is 75.4 cm³/mol. The Labute approximate surface area is 114 Å². The summed E-state index contributed by atoms with van der Waals surface area (Å²) in [5.41, 5.74) is -0.0995. The highest BCUT2D eigenvalue weighted by atomic mass is 16.5. The van der Waals surface area contributed by atoms with Gasteiger partial charge >= 0.3 is 0 Å². The van der Waals surface area contributed by atoms with Gasteiger partial charge in [0.25, 0.3) is 5.91 Å². The number of aromatic nitrogens is 1. The van der Waals surface area contributed by atoms with Crippen LogP contribution < -0.4 is 10.2 Å². The van der Waals surface area contributed by atoms with Gasteiger partial charge in [-0.25, -0.2) is 4.98 Å². The first-order chi connectivity index (χ1) is 9.04. The van der Waals surface area contributed by atoms with Crippen molar-refractivity contribution in [1.29, 1.82) is 0 Å². The number of ether oxygens (including phenoxy) is 1. The smallest absolute Gasteiger partial charge is 0.256 e. The summed E-state index contributed by atoms with van der Waals surface area (Å²) >= 11 is 0. The molecule has 0 aromatic carbocycles. The Kier molecular flexibility index (Phi) is 4.04. The maximum Gasteiger partial charge on any atom is 0.256 e. The molecule has 0 aliphatic carbocycles. The molecule has 0 atom stereocenters. The molecule has 0 bridgehead atoms. The number of pyridine rings is 1. The van der Waals surface area contributed by atoms with Crippen molar-refractivity contribution < 1.29 is 9.53 Å². The van der Waals surface area contributed by atoms with Crippen LogP contribution in [-0.2, 0) is 9.53 Å². The van der Waals surface area contributed by atoms with E-state index in [4.69, 9.17) is 4.74 Å². The zero-order valence-electron chi connectivity index (χ0n) is 11.8. The third-order valence-electron chi connectivity index (χ3n) is 3.50. The Hall–Kier alpha value is -1.62. The van der Waals surface area contributed by atoms with Crippen LogP contribution in [0.3, 0.4) is 0 Å². The Morgan fingerprint density at radius 2 is 2.11 bits per heavy atom. The van der Waals surface area contributed by atoms with Gasteiger partial charge in [0.1, 0.15) is 5.60 Å². The first-order valence-electron chi connectivity index (χ1n) is 6.61. The molecule has 1 amide bonds. The summed E-state index contributed by atoms with van der Waals surface area (Å²) in [7, 11) is 1.53. The molecular weight excluding hydrogens is 242 g/mol. The normalized spacial score (nSPS) is 15.6. The highest BCUT2D eigenvalue weighted by Gasteiger charge is 2.28. The van der Waals surface area contributed by atoms with Gasteiger partial charge in [-0.1, -0.05) is 0 Å². The number of carbonyl (C=O) groups excluding carboxylic acids is 1. The van der Waals surface area contributed by atoms with Crippen LogP contribution in [0.25, 0.3) is 0 Å². The van der Waals surface area contributed by atoms with Crippen molar-refractivity contribution in [2.24, 2.45) is 0 Å². The summed E-state index contributed by atoms with van der Waals surface area (Å²) < 4.78 is 5.19. The van der Waals surface area contributed by atoms with Gasteiger partial charge < -0.3 is 15.0 Å². The van der Waals surface area contributed by atoms with Crippen molar-refractivity contribution in [1.82, 2.24) is 4.98 Å². The maximum absolute atomic E-state index is 12.1. The molecule has 0 radical (unpaired) electrons. The van der Waals surface area contributed by atoms with Gasteiger partial charge in [-0.2, -0.15) is 0 Å². The molecule has 1 aliphatic heterocycles. The number of nitrogens with one attached hydrogen (secondary N) is 1. The molecule has 2 rings (SSSR count). The molecule has 0 spiro atoms. The number of methoxy groups -OCH3 is 1. The Morgan fingerprint density at radius 3 is 2.74 bits per heavy atom. The van der Waals surface area contributed by atoms with Crippen LogP contribution in [-0.4, -0.2) is 36.7 Å². The van der Waals surface area contributed by atoms with Crippen LogP contribution in [0, 0.1) is 0 Å². The van der Waals surface area contributed by atoms with Gasteiger partial charge in [0.05, 0.1) is 5.69 Å². The van der Waals surface area contributed by atoms with Gasteiger partial charge in [0, 0.05) is 26.4 Å². The van der Waals surface area contributed by atoms with Gasteiger partial charge in [0.15, 0.2) is 5.82 Å². The van der Waals surface area contributed by atoms with Gasteiger partial charge in [-0.15, -0.1) is 0 Å². The monoisotopic (exact) mass is 263 g/mol. The molecule has 1 aliphatic rings. The molecule has 1 fully saturated rings. The van der Waals surface area contributed by atoms with Crippen molar-refractivity contribution in [2.75, 3.05) is 30.4 Å². The van der Waals surface area contributed by atoms with Crippen LogP contribution in [0.15, 0.2) is 18.3 Å². The molecule has 5 nitrogen and oxygen atoms in total. The summed E-state index contributed by atoms with van der Waals surface area (Å²) in [5.74, 6) is 0.684. The molecule has 2 heterocycles. The first kappa shape index (κ1) is 13.8. The highest BCUT2D eigenvalue weighted by Crippen LogP contribution is 2.27. The number of carbonyl (C=O) groups is 1. The Bertz CT molecular complexity index is 454. The average molecular weight is 263 g/mol. The van der Waals surface area contributed by atoms with E-state index in [1.807, 2.05) is 12.1 Å². The topological polar surface area (TPSA) is 54.5 Å². The quantitative estimate of drug-likeness (QED) is 0.903. The summed E-state index contributed by atoms with van der Waals surface area (Å²) in [4.78, 5) is 18.7. The lowest BCUT2D eigenvalue weighted by Crippen LogP contribution is -2.39. The van der Waals surface area contributed by atoms with E-state index < -0.39 is 5.60 Å². The van der Waals surface area contributed by atoms with E-state index >= 15 is 0 Å². The van der Waals surface area contributed by atoms with Crippen molar-refractivity contribution >= 4 is 17.4 Å². The lowest BCUT2D eigenvalue weighted by Gasteiger charge is -2.24. The lowest BCUT2D eigenvalue weighted by atomic mass is 10.1. The number of anilines is 2. The van der Waals surface area contributed by atoms with E-state index in [-0.39, 0.29) is 5.91 Å². The zero-order chi connectivity index (χ0) is 13.9. The van der Waals surface area contributed by atoms with Gasteiger partial charge in [-0.3, -0.25) is 4.79 Å². The molecule has 5 heteroatoms. The van der Waals surface area contributed by atoms with Crippen LogP contribution in [0.1, 0.15) is 26.7 Å². The standard InChI is InChI=1S/C14H21N3O2/c1-14(2,19-3)13(18)16-11-7-6-8-15-12(11)17-9-4-5-10-17/h6-8H,4-5,9-10H2,1-3H3,(H,16,18). The summed E-state index contributed by atoms with van der Waals surface area (Å²) in [6.45, 7) is 5.48. The van der Waals surface area contributed by atoms with Crippen molar-refractivity contribution in [3.8, 4) is 0 Å². The summed E-state index contributed by atoms with van der Waals surface area (Å²) in [6.07, 6.45) is 4.10. The molecule has 1 aromatic rings. The highest BCUT2D eigenvalue weighted by molar-refractivity contribution is 5.98. The molecule has 0 saturated carbocycles.